The van der Waals surface area contributed by atoms with Crippen LogP contribution in [0.3, 0.4) is 0 Å². The van der Waals surface area contributed by atoms with Gasteiger partial charge in [-0.05, 0) is 34.5 Å². The van der Waals surface area contributed by atoms with Crippen LogP contribution in [-0.2, 0) is 0 Å². The molecule has 0 aromatic carbocycles. The van der Waals surface area contributed by atoms with Gasteiger partial charge in [0.15, 0.2) is 0 Å². The van der Waals surface area contributed by atoms with Gasteiger partial charge in [-0.2, -0.15) is 0 Å². The molecule has 0 unspecified atom stereocenters. The summed E-state index contributed by atoms with van der Waals surface area (Å²) >= 11 is 5.45. The molecule has 58 valence electrons. The maximum atomic E-state index is 10.3. The zero-order valence-electron chi connectivity index (χ0n) is 5.74. The van der Waals surface area contributed by atoms with Crippen LogP contribution in [0, 0.1) is 17.0 Å². The molecular weight excluding hydrogens is 168 g/mol. The Morgan fingerprint density at radius 3 is 2.73 bits per heavy atom. The fourth-order valence-corrected chi connectivity index (χ4v) is 0.823. The van der Waals surface area contributed by atoms with Crippen LogP contribution in [0.5, 0.6) is 0 Å². The molecule has 11 heavy (non-hydrogen) atoms. The minimum absolute atomic E-state index is 0.141. The quantitative estimate of drug-likeness (QED) is 0.370. The third-order valence-corrected chi connectivity index (χ3v) is 1.42. The van der Waals surface area contributed by atoms with Crippen LogP contribution < -0.4 is 0 Å². The first kappa shape index (κ1) is 7.94. The van der Waals surface area contributed by atoms with Crippen molar-refractivity contribution < 1.29 is 4.92 Å². The van der Waals surface area contributed by atoms with Gasteiger partial charge in [0.05, 0.1) is 0 Å². The summed E-state index contributed by atoms with van der Waals surface area (Å²) in [5, 5.41) is 10.4. The van der Waals surface area contributed by atoms with Crippen LogP contribution >= 0.6 is 11.6 Å². The highest BCUT2D eigenvalue weighted by molar-refractivity contribution is 6.29. The molecule has 0 spiro atoms. The summed E-state index contributed by atoms with van der Waals surface area (Å²) in [5.74, 6) is -0.183. The topological polar surface area (TPSA) is 56.0 Å². The second kappa shape index (κ2) is 2.84. The average molecular weight is 173 g/mol. The standard InChI is InChI=1S/C6H5ClN2O2/c1-4-2-3-5(7)8-6(4)9(10)11/h2-3H,1H3. The smallest absolute Gasteiger partial charge is 0.358 e. The van der Waals surface area contributed by atoms with Gasteiger partial charge in [0, 0.05) is 11.6 Å². The highest BCUT2D eigenvalue weighted by Gasteiger charge is 2.12. The van der Waals surface area contributed by atoms with E-state index in [1.165, 1.54) is 6.07 Å². The summed E-state index contributed by atoms with van der Waals surface area (Å²) in [5.41, 5.74) is 0.513. The van der Waals surface area contributed by atoms with Crippen molar-refractivity contribution in [3.05, 3.63) is 33.0 Å². The Morgan fingerprint density at radius 1 is 1.64 bits per heavy atom. The molecule has 0 saturated carbocycles. The van der Waals surface area contributed by atoms with Gasteiger partial charge in [-0.3, -0.25) is 0 Å². The zero-order valence-corrected chi connectivity index (χ0v) is 6.50. The van der Waals surface area contributed by atoms with Gasteiger partial charge in [0.25, 0.3) is 0 Å². The van der Waals surface area contributed by atoms with E-state index in [0.29, 0.717) is 5.56 Å². The van der Waals surface area contributed by atoms with Gasteiger partial charge < -0.3 is 10.1 Å². The number of aromatic nitrogens is 1. The normalized spacial score (nSPS) is 9.64. The van der Waals surface area contributed by atoms with E-state index < -0.39 is 4.92 Å². The maximum Gasteiger partial charge on any atom is 0.367 e. The maximum absolute atomic E-state index is 10.3. The summed E-state index contributed by atoms with van der Waals surface area (Å²) in [7, 11) is 0. The largest absolute Gasteiger partial charge is 0.367 e. The van der Waals surface area contributed by atoms with E-state index in [-0.39, 0.29) is 11.0 Å². The highest BCUT2D eigenvalue weighted by atomic mass is 35.5. The Bertz CT molecular complexity index is 301. The molecule has 0 bridgehead atoms. The predicted molar refractivity (Wildman–Crippen MR) is 40.6 cm³/mol. The monoisotopic (exact) mass is 172 g/mol. The zero-order chi connectivity index (χ0) is 8.43. The van der Waals surface area contributed by atoms with Crippen LogP contribution in [0.15, 0.2) is 12.1 Å². The molecule has 1 aromatic rings. The van der Waals surface area contributed by atoms with Crippen molar-refractivity contribution in [2.75, 3.05) is 0 Å². The van der Waals surface area contributed by atoms with E-state index in [1.54, 1.807) is 13.0 Å². The Labute approximate surface area is 68.0 Å². The SMILES string of the molecule is Cc1ccc(Cl)nc1[N+](=O)[O-]. The lowest BCUT2D eigenvalue weighted by Gasteiger charge is -1.94. The number of aryl methyl sites for hydroxylation is 1. The minimum Gasteiger partial charge on any atom is -0.358 e. The summed E-state index contributed by atoms with van der Waals surface area (Å²) in [6, 6.07) is 3.08. The Hall–Kier alpha value is -1.16. The van der Waals surface area contributed by atoms with Crippen molar-refractivity contribution in [2.24, 2.45) is 0 Å². The fraction of sp³-hybridized carbons (Fsp3) is 0.167. The van der Waals surface area contributed by atoms with Crippen LogP contribution in [0.25, 0.3) is 0 Å². The minimum atomic E-state index is -0.554. The lowest BCUT2D eigenvalue weighted by molar-refractivity contribution is -0.390. The molecule has 0 aliphatic heterocycles. The third-order valence-electron chi connectivity index (χ3n) is 1.21. The summed E-state index contributed by atoms with van der Waals surface area (Å²) in [4.78, 5) is 13.2. The molecule has 5 heteroatoms. The van der Waals surface area contributed by atoms with E-state index >= 15 is 0 Å². The lowest BCUT2D eigenvalue weighted by atomic mass is 10.3. The Morgan fingerprint density at radius 2 is 2.27 bits per heavy atom. The van der Waals surface area contributed by atoms with E-state index in [9.17, 15) is 10.1 Å². The molecule has 0 fully saturated rings. The number of hydrogen-bond acceptors (Lipinski definition) is 3. The van der Waals surface area contributed by atoms with E-state index in [0.717, 1.165) is 0 Å². The van der Waals surface area contributed by atoms with Gasteiger partial charge in [0.1, 0.15) is 0 Å². The van der Waals surface area contributed by atoms with Gasteiger partial charge in [-0.15, -0.1) is 0 Å². The van der Waals surface area contributed by atoms with Crippen molar-refractivity contribution in [3.63, 3.8) is 0 Å². The first-order valence-corrected chi connectivity index (χ1v) is 3.26. The van der Waals surface area contributed by atoms with E-state index in [1.807, 2.05) is 0 Å². The first-order valence-electron chi connectivity index (χ1n) is 2.89. The third kappa shape index (κ3) is 1.65. The van der Waals surface area contributed by atoms with Crippen molar-refractivity contribution in [3.8, 4) is 0 Å². The van der Waals surface area contributed by atoms with Crippen LogP contribution in [0.4, 0.5) is 5.82 Å². The average Bonchev–Trinajstić information content (AvgIpc) is 1.94. The van der Waals surface area contributed by atoms with Crippen LogP contribution in [0.1, 0.15) is 5.56 Å². The number of nitro groups is 1. The highest BCUT2D eigenvalue weighted by Crippen LogP contribution is 2.16. The second-order valence-electron chi connectivity index (χ2n) is 2.03. The Kier molecular flexibility index (Phi) is 2.05. The molecular formula is C6H5ClN2O2. The molecule has 0 N–H and O–H groups in total. The molecule has 0 radical (unpaired) electrons. The molecule has 0 amide bonds. The number of hydrogen-bond donors (Lipinski definition) is 0. The van der Waals surface area contributed by atoms with Crippen molar-refractivity contribution >= 4 is 17.4 Å². The van der Waals surface area contributed by atoms with Crippen molar-refractivity contribution in [2.45, 2.75) is 6.92 Å². The number of rotatable bonds is 1. The molecule has 0 atom stereocenters. The molecule has 0 aliphatic rings. The van der Waals surface area contributed by atoms with Gasteiger partial charge in [0.2, 0.25) is 5.15 Å². The number of nitrogens with zero attached hydrogens (tertiary/aromatic N) is 2. The fourth-order valence-electron chi connectivity index (χ4n) is 0.680. The van der Waals surface area contributed by atoms with Gasteiger partial charge >= 0.3 is 5.82 Å². The van der Waals surface area contributed by atoms with Gasteiger partial charge in [-0.25, -0.2) is 0 Å². The Balaban J connectivity index is 3.23. The molecule has 0 aliphatic carbocycles. The van der Waals surface area contributed by atoms with E-state index in [4.69, 9.17) is 11.6 Å². The van der Waals surface area contributed by atoms with Crippen LogP contribution in [-0.4, -0.2) is 9.91 Å². The molecule has 0 saturated heterocycles. The summed E-state index contributed by atoms with van der Waals surface area (Å²) < 4.78 is 0. The van der Waals surface area contributed by atoms with E-state index in [2.05, 4.69) is 4.98 Å². The first-order chi connectivity index (χ1) is 5.11. The van der Waals surface area contributed by atoms with Gasteiger partial charge in [-0.1, -0.05) is 0 Å². The summed E-state index contributed by atoms with van der Waals surface area (Å²) in [6.45, 7) is 1.61. The number of pyridine rings is 1. The number of halogens is 1. The second-order valence-corrected chi connectivity index (χ2v) is 2.42. The summed E-state index contributed by atoms with van der Waals surface area (Å²) in [6.07, 6.45) is 0. The molecule has 1 heterocycles. The molecule has 4 nitrogen and oxygen atoms in total. The molecule has 1 aromatic heterocycles. The van der Waals surface area contributed by atoms with Crippen LogP contribution in [0.2, 0.25) is 5.15 Å². The van der Waals surface area contributed by atoms with Crippen molar-refractivity contribution in [1.82, 2.24) is 4.98 Å². The predicted octanol–water partition coefficient (Wildman–Crippen LogP) is 1.95. The molecule has 1 rings (SSSR count). The lowest BCUT2D eigenvalue weighted by Crippen LogP contribution is -1.94. The van der Waals surface area contributed by atoms with Crippen molar-refractivity contribution in [1.29, 1.82) is 0 Å².